The Morgan fingerprint density at radius 1 is 1.26 bits per heavy atom. The van der Waals surface area contributed by atoms with Crippen LogP contribution in [0.3, 0.4) is 0 Å². The highest BCUT2D eigenvalue weighted by atomic mass is 79.9. The smallest absolute Gasteiger partial charge is 0.244 e. The summed E-state index contributed by atoms with van der Waals surface area (Å²) < 4.78 is 45.9. The molecule has 0 bridgehead atoms. The number of methoxy groups -OCH3 is 1. The lowest BCUT2D eigenvalue weighted by Crippen LogP contribution is -2.35. The Hall–Kier alpha value is -1.68. The number of hydrogen-bond donors (Lipinski definition) is 2. The fourth-order valence-corrected chi connectivity index (χ4v) is 4.71. The first kappa shape index (κ1) is 21.6. The molecule has 0 aliphatic carbocycles. The van der Waals surface area contributed by atoms with Crippen molar-refractivity contribution in [2.45, 2.75) is 11.3 Å². The number of sulfonamides is 1. The minimum atomic E-state index is -3.90. The molecule has 27 heavy (non-hydrogen) atoms. The van der Waals surface area contributed by atoms with Crippen molar-refractivity contribution in [2.24, 2.45) is 0 Å². The SMILES string of the molecule is COc1c(Br)cc(Cl)cc1S(=O)(=O)NCCNC(=O)Cc1cccc(F)c1. The maximum Gasteiger partial charge on any atom is 0.244 e. The van der Waals surface area contributed by atoms with Crippen LogP contribution in [0.1, 0.15) is 5.56 Å². The lowest BCUT2D eigenvalue weighted by atomic mass is 10.1. The molecule has 6 nitrogen and oxygen atoms in total. The van der Waals surface area contributed by atoms with E-state index in [-0.39, 0.29) is 41.1 Å². The second-order valence-corrected chi connectivity index (χ2v) is 8.50. The zero-order valence-electron chi connectivity index (χ0n) is 14.3. The number of amides is 1. The minimum Gasteiger partial charge on any atom is -0.494 e. The third-order valence-electron chi connectivity index (χ3n) is 3.46. The van der Waals surface area contributed by atoms with Gasteiger partial charge in [-0.1, -0.05) is 23.7 Å². The number of halogens is 3. The lowest BCUT2D eigenvalue weighted by Gasteiger charge is -2.13. The molecule has 2 N–H and O–H groups in total. The minimum absolute atomic E-state index is 0.000424. The van der Waals surface area contributed by atoms with Crippen LogP contribution >= 0.6 is 27.5 Å². The van der Waals surface area contributed by atoms with Crippen LogP contribution in [0.2, 0.25) is 5.02 Å². The third-order valence-corrected chi connectivity index (χ3v) is 5.73. The normalized spacial score (nSPS) is 11.3. The number of rotatable bonds is 8. The molecule has 0 spiro atoms. The zero-order chi connectivity index (χ0) is 20.0. The Morgan fingerprint density at radius 2 is 2.00 bits per heavy atom. The van der Waals surface area contributed by atoms with Crippen molar-refractivity contribution in [3.05, 3.63) is 57.3 Å². The van der Waals surface area contributed by atoms with E-state index in [1.54, 1.807) is 6.07 Å². The Balaban J connectivity index is 1.92. The summed E-state index contributed by atoms with van der Waals surface area (Å²) in [5.41, 5.74) is 0.529. The first-order chi connectivity index (χ1) is 12.7. The summed E-state index contributed by atoms with van der Waals surface area (Å²) in [7, 11) is -2.55. The van der Waals surface area contributed by atoms with Crippen LogP contribution in [0.15, 0.2) is 45.8 Å². The summed E-state index contributed by atoms with van der Waals surface area (Å²) in [6, 6.07) is 8.50. The molecule has 0 fully saturated rings. The maximum absolute atomic E-state index is 13.1. The molecule has 146 valence electrons. The van der Waals surface area contributed by atoms with Gasteiger partial charge in [-0.2, -0.15) is 0 Å². The molecular weight excluding hydrogens is 463 g/mol. The molecule has 2 aromatic rings. The van der Waals surface area contributed by atoms with Crippen LogP contribution in [-0.2, 0) is 21.2 Å². The van der Waals surface area contributed by atoms with E-state index < -0.39 is 15.8 Å². The molecule has 2 aromatic carbocycles. The molecule has 0 aromatic heterocycles. The summed E-state index contributed by atoms with van der Waals surface area (Å²) in [6.07, 6.45) is -0.000424. The summed E-state index contributed by atoms with van der Waals surface area (Å²) in [5.74, 6) is -0.639. The van der Waals surface area contributed by atoms with E-state index in [2.05, 4.69) is 26.0 Å². The number of carbonyl (C=O) groups is 1. The van der Waals surface area contributed by atoms with Gasteiger partial charge in [0.2, 0.25) is 15.9 Å². The van der Waals surface area contributed by atoms with Crippen molar-refractivity contribution < 1.29 is 22.3 Å². The van der Waals surface area contributed by atoms with Crippen LogP contribution in [0.25, 0.3) is 0 Å². The predicted molar refractivity (Wildman–Crippen MR) is 104 cm³/mol. The van der Waals surface area contributed by atoms with Gasteiger partial charge in [0.15, 0.2) is 5.75 Å². The summed E-state index contributed by atoms with van der Waals surface area (Å²) >= 11 is 9.12. The quantitative estimate of drug-likeness (QED) is 0.570. The van der Waals surface area contributed by atoms with Gasteiger partial charge in [-0.15, -0.1) is 0 Å². The number of carbonyl (C=O) groups excluding carboxylic acids is 1. The first-order valence-electron chi connectivity index (χ1n) is 7.77. The average molecular weight is 480 g/mol. The van der Waals surface area contributed by atoms with Crippen molar-refractivity contribution in [1.82, 2.24) is 10.0 Å². The second kappa shape index (κ2) is 9.50. The zero-order valence-corrected chi connectivity index (χ0v) is 17.4. The monoisotopic (exact) mass is 478 g/mol. The second-order valence-electron chi connectivity index (χ2n) is 5.47. The van der Waals surface area contributed by atoms with Gasteiger partial charge < -0.3 is 10.1 Å². The van der Waals surface area contributed by atoms with Crippen LogP contribution < -0.4 is 14.8 Å². The van der Waals surface area contributed by atoms with Crippen LogP contribution in [-0.4, -0.2) is 34.5 Å². The molecule has 2 rings (SSSR count). The van der Waals surface area contributed by atoms with Crippen LogP contribution in [0.4, 0.5) is 4.39 Å². The highest BCUT2D eigenvalue weighted by molar-refractivity contribution is 9.10. The standard InChI is InChI=1S/C17H17BrClFN2O4S/c1-26-17-14(18)9-12(19)10-15(17)27(24,25)22-6-5-21-16(23)8-11-3-2-4-13(20)7-11/h2-4,7,9-10,22H,5-6,8H2,1H3,(H,21,23). The van der Waals surface area contributed by atoms with E-state index in [4.69, 9.17) is 16.3 Å². The molecule has 0 aliphatic heterocycles. The predicted octanol–water partition coefficient (Wildman–Crippen LogP) is 2.89. The van der Waals surface area contributed by atoms with E-state index in [0.29, 0.717) is 10.0 Å². The molecule has 0 saturated heterocycles. The highest BCUT2D eigenvalue weighted by Crippen LogP contribution is 2.35. The van der Waals surface area contributed by atoms with Crippen molar-refractivity contribution in [2.75, 3.05) is 20.2 Å². The molecule has 0 saturated carbocycles. The van der Waals surface area contributed by atoms with Crippen molar-refractivity contribution >= 4 is 43.5 Å². The first-order valence-corrected chi connectivity index (χ1v) is 10.4. The molecule has 0 atom stereocenters. The summed E-state index contributed by atoms with van der Waals surface area (Å²) in [6.45, 7) is 0.0297. The third kappa shape index (κ3) is 6.17. The topological polar surface area (TPSA) is 84.5 Å². The Kier molecular flexibility index (Phi) is 7.60. The van der Waals surface area contributed by atoms with Gasteiger partial charge in [0, 0.05) is 18.1 Å². The molecular formula is C17H17BrClFN2O4S. The maximum atomic E-state index is 13.1. The van der Waals surface area contributed by atoms with Crippen molar-refractivity contribution in [3.63, 3.8) is 0 Å². The number of nitrogens with one attached hydrogen (secondary N) is 2. The van der Waals surface area contributed by atoms with E-state index in [1.165, 1.54) is 37.4 Å². The number of benzene rings is 2. The van der Waals surface area contributed by atoms with E-state index in [0.717, 1.165) is 0 Å². The van der Waals surface area contributed by atoms with Crippen molar-refractivity contribution in [1.29, 1.82) is 0 Å². The van der Waals surface area contributed by atoms with Gasteiger partial charge in [0.25, 0.3) is 0 Å². The van der Waals surface area contributed by atoms with Gasteiger partial charge in [0.05, 0.1) is 18.0 Å². The molecule has 0 radical (unpaired) electrons. The Morgan fingerprint density at radius 3 is 2.67 bits per heavy atom. The van der Waals surface area contributed by atoms with Gasteiger partial charge in [-0.25, -0.2) is 17.5 Å². The molecule has 0 unspecified atom stereocenters. The molecule has 0 aliphatic rings. The molecule has 10 heteroatoms. The van der Waals surface area contributed by atoms with Crippen LogP contribution in [0, 0.1) is 5.82 Å². The largest absolute Gasteiger partial charge is 0.494 e. The van der Waals surface area contributed by atoms with Gasteiger partial charge >= 0.3 is 0 Å². The van der Waals surface area contributed by atoms with Crippen molar-refractivity contribution in [3.8, 4) is 5.75 Å². The van der Waals surface area contributed by atoms with E-state index >= 15 is 0 Å². The lowest BCUT2D eigenvalue weighted by molar-refractivity contribution is -0.120. The Labute approximate surface area is 170 Å². The number of ether oxygens (including phenoxy) is 1. The molecule has 0 heterocycles. The summed E-state index contributed by atoms with van der Waals surface area (Å²) in [4.78, 5) is 11.7. The average Bonchev–Trinajstić information content (AvgIpc) is 2.58. The fraction of sp³-hybridized carbons (Fsp3) is 0.235. The van der Waals surface area contributed by atoms with Gasteiger partial charge in [-0.05, 0) is 45.8 Å². The summed E-state index contributed by atoms with van der Waals surface area (Å²) in [5, 5.41) is 2.80. The van der Waals surface area contributed by atoms with Gasteiger partial charge in [0.1, 0.15) is 10.7 Å². The van der Waals surface area contributed by atoms with E-state index in [1.807, 2.05) is 0 Å². The highest BCUT2D eigenvalue weighted by Gasteiger charge is 2.22. The molecule has 1 amide bonds. The fourth-order valence-electron chi connectivity index (χ4n) is 2.29. The van der Waals surface area contributed by atoms with Crippen LogP contribution in [0.5, 0.6) is 5.75 Å². The van der Waals surface area contributed by atoms with Gasteiger partial charge in [-0.3, -0.25) is 4.79 Å². The van der Waals surface area contributed by atoms with E-state index in [9.17, 15) is 17.6 Å². The number of hydrogen-bond acceptors (Lipinski definition) is 4. The Bertz CT molecular complexity index is 941.